The number of anilines is 1. The van der Waals surface area contributed by atoms with Crippen molar-refractivity contribution in [2.75, 3.05) is 18.0 Å². The summed E-state index contributed by atoms with van der Waals surface area (Å²) in [6.45, 7) is 1.09. The minimum atomic E-state index is -0.581. The Kier molecular flexibility index (Phi) is 3.39. The SMILES string of the molecule is N#Cc1cc([N+](=O)[O-])cnc1N1CCC[C@H](O)C1. The number of hydrogen-bond acceptors (Lipinski definition) is 6. The summed E-state index contributed by atoms with van der Waals surface area (Å²) in [4.78, 5) is 15.8. The number of aromatic nitrogens is 1. The molecule has 1 fully saturated rings. The van der Waals surface area contributed by atoms with Crippen LogP contribution < -0.4 is 4.90 Å². The molecule has 18 heavy (non-hydrogen) atoms. The molecule has 0 radical (unpaired) electrons. The van der Waals surface area contributed by atoms with Crippen LogP contribution in [0.1, 0.15) is 18.4 Å². The summed E-state index contributed by atoms with van der Waals surface area (Å²) in [7, 11) is 0. The van der Waals surface area contributed by atoms with E-state index in [1.165, 1.54) is 6.07 Å². The summed E-state index contributed by atoms with van der Waals surface area (Å²) in [6.07, 6.45) is 2.23. The predicted molar refractivity (Wildman–Crippen MR) is 63.1 cm³/mol. The van der Waals surface area contributed by atoms with Crippen LogP contribution in [0.2, 0.25) is 0 Å². The van der Waals surface area contributed by atoms with E-state index in [0.29, 0.717) is 18.9 Å². The zero-order valence-corrected chi connectivity index (χ0v) is 9.61. The number of aliphatic hydroxyl groups is 1. The lowest BCUT2D eigenvalue weighted by Gasteiger charge is -2.31. The average molecular weight is 248 g/mol. The molecule has 1 aliphatic heterocycles. The normalized spacial score (nSPS) is 19.3. The lowest BCUT2D eigenvalue weighted by atomic mass is 10.1. The van der Waals surface area contributed by atoms with Crippen LogP contribution >= 0.6 is 0 Å². The Morgan fingerprint density at radius 2 is 2.44 bits per heavy atom. The second-order valence-corrected chi connectivity index (χ2v) is 4.18. The lowest BCUT2D eigenvalue weighted by molar-refractivity contribution is -0.385. The number of pyridine rings is 1. The van der Waals surface area contributed by atoms with Crippen molar-refractivity contribution in [1.29, 1.82) is 5.26 Å². The monoisotopic (exact) mass is 248 g/mol. The van der Waals surface area contributed by atoms with Crippen LogP contribution in [-0.4, -0.2) is 34.2 Å². The average Bonchev–Trinajstić information content (AvgIpc) is 2.37. The molecular weight excluding hydrogens is 236 g/mol. The van der Waals surface area contributed by atoms with E-state index in [0.717, 1.165) is 19.0 Å². The van der Waals surface area contributed by atoms with E-state index in [4.69, 9.17) is 5.26 Å². The van der Waals surface area contributed by atoms with Crippen LogP contribution in [-0.2, 0) is 0 Å². The van der Waals surface area contributed by atoms with Gasteiger partial charge in [-0.25, -0.2) is 4.98 Å². The highest BCUT2D eigenvalue weighted by atomic mass is 16.6. The Balaban J connectivity index is 2.33. The van der Waals surface area contributed by atoms with E-state index in [-0.39, 0.29) is 11.3 Å². The maximum atomic E-state index is 10.6. The van der Waals surface area contributed by atoms with Gasteiger partial charge in [-0.15, -0.1) is 0 Å². The zero-order chi connectivity index (χ0) is 13.1. The van der Waals surface area contributed by atoms with Gasteiger partial charge in [0, 0.05) is 19.2 Å². The van der Waals surface area contributed by atoms with Gasteiger partial charge in [-0.05, 0) is 12.8 Å². The van der Waals surface area contributed by atoms with Crippen LogP contribution in [0.25, 0.3) is 0 Å². The molecule has 1 atom stereocenters. The fourth-order valence-electron chi connectivity index (χ4n) is 2.03. The molecule has 1 saturated heterocycles. The molecule has 94 valence electrons. The van der Waals surface area contributed by atoms with Crippen LogP contribution in [0.5, 0.6) is 0 Å². The molecule has 1 N–H and O–H groups in total. The van der Waals surface area contributed by atoms with Gasteiger partial charge in [-0.2, -0.15) is 5.26 Å². The Labute approximate surface area is 103 Å². The van der Waals surface area contributed by atoms with Crippen molar-refractivity contribution in [3.8, 4) is 6.07 Å². The van der Waals surface area contributed by atoms with Gasteiger partial charge < -0.3 is 10.0 Å². The molecule has 1 aliphatic rings. The van der Waals surface area contributed by atoms with E-state index >= 15 is 0 Å². The highest BCUT2D eigenvalue weighted by Gasteiger charge is 2.22. The molecule has 2 rings (SSSR count). The van der Waals surface area contributed by atoms with Gasteiger partial charge in [0.2, 0.25) is 0 Å². The zero-order valence-electron chi connectivity index (χ0n) is 9.61. The summed E-state index contributed by atoms with van der Waals surface area (Å²) < 4.78 is 0. The van der Waals surface area contributed by atoms with E-state index in [1.807, 2.05) is 6.07 Å². The highest BCUT2D eigenvalue weighted by molar-refractivity contribution is 5.57. The second-order valence-electron chi connectivity index (χ2n) is 4.18. The van der Waals surface area contributed by atoms with Crippen molar-refractivity contribution in [2.45, 2.75) is 18.9 Å². The molecule has 0 saturated carbocycles. The summed E-state index contributed by atoms with van der Waals surface area (Å²) >= 11 is 0. The highest BCUT2D eigenvalue weighted by Crippen LogP contribution is 2.24. The van der Waals surface area contributed by atoms with Crippen LogP contribution in [0.4, 0.5) is 11.5 Å². The van der Waals surface area contributed by atoms with Crippen molar-refractivity contribution in [2.24, 2.45) is 0 Å². The van der Waals surface area contributed by atoms with Gasteiger partial charge >= 0.3 is 0 Å². The third-order valence-corrected chi connectivity index (χ3v) is 2.88. The molecule has 0 bridgehead atoms. The minimum Gasteiger partial charge on any atom is -0.391 e. The van der Waals surface area contributed by atoms with Gasteiger partial charge in [-0.1, -0.05) is 0 Å². The molecule has 7 heteroatoms. The number of aliphatic hydroxyl groups excluding tert-OH is 1. The minimum absolute atomic E-state index is 0.165. The maximum Gasteiger partial charge on any atom is 0.289 e. The van der Waals surface area contributed by atoms with Crippen LogP contribution in [0.3, 0.4) is 0 Å². The Morgan fingerprint density at radius 3 is 3.06 bits per heavy atom. The van der Waals surface area contributed by atoms with E-state index in [9.17, 15) is 15.2 Å². The van der Waals surface area contributed by atoms with Crippen molar-refractivity contribution in [1.82, 2.24) is 4.98 Å². The molecule has 0 aromatic carbocycles. The van der Waals surface area contributed by atoms with Gasteiger partial charge in [0.15, 0.2) is 0 Å². The molecule has 1 aromatic heterocycles. The molecule has 7 nitrogen and oxygen atoms in total. The number of piperidine rings is 1. The third-order valence-electron chi connectivity index (χ3n) is 2.88. The lowest BCUT2D eigenvalue weighted by Crippen LogP contribution is -2.39. The molecule has 0 spiro atoms. The largest absolute Gasteiger partial charge is 0.391 e. The van der Waals surface area contributed by atoms with Gasteiger partial charge in [-0.3, -0.25) is 10.1 Å². The van der Waals surface area contributed by atoms with Gasteiger partial charge in [0.1, 0.15) is 23.6 Å². The van der Waals surface area contributed by atoms with E-state index in [2.05, 4.69) is 4.98 Å². The first kappa shape index (κ1) is 12.3. The Morgan fingerprint density at radius 1 is 1.67 bits per heavy atom. The number of β-amino-alcohol motifs (C(OH)–C–C–N with tert-alkyl or cyclic N) is 1. The van der Waals surface area contributed by atoms with Crippen LogP contribution in [0, 0.1) is 21.4 Å². The number of nitro groups is 1. The summed E-state index contributed by atoms with van der Waals surface area (Å²) in [5.41, 5.74) is -0.0360. The fourth-order valence-corrected chi connectivity index (χ4v) is 2.03. The molecule has 1 aromatic rings. The number of nitriles is 1. The van der Waals surface area contributed by atoms with E-state index in [1.54, 1.807) is 4.90 Å². The maximum absolute atomic E-state index is 10.6. The summed E-state index contributed by atoms with van der Waals surface area (Å²) in [5.74, 6) is 0.404. The second kappa shape index (κ2) is 4.98. The van der Waals surface area contributed by atoms with Gasteiger partial charge in [0.25, 0.3) is 5.69 Å². The Hall–Kier alpha value is -2.20. The smallest absolute Gasteiger partial charge is 0.289 e. The van der Waals surface area contributed by atoms with Gasteiger partial charge in [0.05, 0.1) is 11.0 Å². The first-order valence-electron chi connectivity index (χ1n) is 5.59. The predicted octanol–water partition coefficient (Wildman–Crippen LogP) is 0.823. The number of hydrogen-bond donors (Lipinski definition) is 1. The van der Waals surface area contributed by atoms with Crippen LogP contribution in [0.15, 0.2) is 12.3 Å². The quantitative estimate of drug-likeness (QED) is 0.614. The summed E-state index contributed by atoms with van der Waals surface area (Å²) in [6, 6.07) is 3.12. The van der Waals surface area contributed by atoms with E-state index < -0.39 is 11.0 Å². The Bertz CT molecular complexity index is 512. The molecular formula is C11H12N4O3. The number of nitrogens with zero attached hydrogens (tertiary/aromatic N) is 4. The standard InChI is InChI=1S/C11H12N4O3/c12-5-8-4-9(15(17)18)6-13-11(8)14-3-1-2-10(16)7-14/h4,6,10,16H,1-3,7H2/t10-/m0/s1. The fraction of sp³-hybridized carbons (Fsp3) is 0.455. The van der Waals surface area contributed by atoms with Crippen molar-refractivity contribution in [3.63, 3.8) is 0 Å². The molecule has 2 heterocycles. The molecule has 0 amide bonds. The first-order valence-corrected chi connectivity index (χ1v) is 5.59. The summed E-state index contributed by atoms with van der Waals surface area (Å²) in [5, 5.41) is 29.2. The van der Waals surface area contributed by atoms with Crippen molar-refractivity contribution < 1.29 is 10.0 Å². The third kappa shape index (κ3) is 2.38. The number of rotatable bonds is 2. The first-order chi connectivity index (χ1) is 8.61. The van der Waals surface area contributed by atoms with Crippen molar-refractivity contribution in [3.05, 3.63) is 27.9 Å². The van der Waals surface area contributed by atoms with Crippen molar-refractivity contribution >= 4 is 11.5 Å². The topological polar surface area (TPSA) is 103 Å². The molecule has 0 unspecified atom stereocenters. The molecule has 0 aliphatic carbocycles.